The topological polar surface area (TPSA) is 96.4 Å². The second kappa shape index (κ2) is 13.5. The Kier molecular flexibility index (Phi) is 10.3. The third kappa shape index (κ3) is 6.11. The van der Waals surface area contributed by atoms with Gasteiger partial charge in [-0.25, -0.2) is 0 Å². The third-order valence-electron chi connectivity index (χ3n) is 8.83. The number of fused-ring (bicyclic) bond motifs is 1. The highest BCUT2D eigenvalue weighted by Gasteiger charge is 2.78. The van der Waals surface area contributed by atoms with Crippen LogP contribution in [-0.4, -0.2) is 71.3 Å². The fourth-order valence-corrected chi connectivity index (χ4v) is 7.05. The molecule has 0 saturated carbocycles. The molecular formula is C32H43ClN2O6. The Bertz CT molecular complexity index is 1130. The van der Waals surface area contributed by atoms with Crippen molar-refractivity contribution < 1.29 is 29.0 Å². The van der Waals surface area contributed by atoms with Crippen LogP contribution in [0.3, 0.4) is 0 Å². The summed E-state index contributed by atoms with van der Waals surface area (Å²) in [5, 5.41) is 9.72. The van der Waals surface area contributed by atoms with Crippen LogP contribution >= 0.6 is 11.6 Å². The number of amides is 2. The standard InChI is InChI=1S/C32H43ClN2O6/c1-4-6-7-12-22-40-30(39)26-25-28(37)35(20-10-8-9-11-21-36)27(32(25)18-17-31(26,3)41-32)29(38)34(19-5-2)24-15-13-23(33)14-16-24/h4-5,13-16,25-27,36H,1-2,6-12,17-22H2,3H3/t25-,26+,27?,31-,32?/m0/s1. The monoisotopic (exact) mass is 586 g/mol. The number of likely N-dealkylation sites (tertiary alicyclic amines) is 1. The highest BCUT2D eigenvalue weighted by atomic mass is 35.5. The molecule has 1 aromatic rings. The van der Waals surface area contributed by atoms with Crippen LogP contribution in [-0.2, 0) is 23.9 Å². The van der Waals surface area contributed by atoms with Crippen molar-refractivity contribution in [2.75, 3.05) is 31.2 Å². The van der Waals surface area contributed by atoms with Crippen molar-refractivity contribution in [2.45, 2.75) is 82.0 Å². The van der Waals surface area contributed by atoms with E-state index >= 15 is 0 Å². The molecule has 2 unspecified atom stereocenters. The minimum Gasteiger partial charge on any atom is -0.465 e. The van der Waals surface area contributed by atoms with E-state index in [1.807, 2.05) is 13.0 Å². The van der Waals surface area contributed by atoms with Crippen LogP contribution in [0.2, 0.25) is 5.02 Å². The Morgan fingerprint density at radius 3 is 2.54 bits per heavy atom. The lowest BCUT2D eigenvalue weighted by Gasteiger charge is -2.37. The predicted molar refractivity (Wildman–Crippen MR) is 158 cm³/mol. The van der Waals surface area contributed by atoms with Gasteiger partial charge in [0.1, 0.15) is 17.6 Å². The zero-order valence-electron chi connectivity index (χ0n) is 24.1. The predicted octanol–water partition coefficient (Wildman–Crippen LogP) is 5.08. The van der Waals surface area contributed by atoms with Gasteiger partial charge in [-0.3, -0.25) is 14.4 Å². The summed E-state index contributed by atoms with van der Waals surface area (Å²) in [6.45, 7) is 10.5. The van der Waals surface area contributed by atoms with Crippen molar-refractivity contribution in [3.8, 4) is 0 Å². The zero-order valence-corrected chi connectivity index (χ0v) is 24.8. The van der Waals surface area contributed by atoms with Gasteiger partial charge in [0.15, 0.2) is 0 Å². The lowest BCUT2D eigenvalue weighted by molar-refractivity contribution is -0.159. The number of nitrogens with zero attached hydrogens (tertiary/aromatic N) is 2. The van der Waals surface area contributed by atoms with Crippen LogP contribution < -0.4 is 4.90 Å². The van der Waals surface area contributed by atoms with Crippen LogP contribution in [0.4, 0.5) is 5.69 Å². The molecule has 41 heavy (non-hydrogen) atoms. The third-order valence-corrected chi connectivity index (χ3v) is 9.09. The van der Waals surface area contributed by atoms with E-state index in [-0.39, 0.29) is 31.6 Å². The van der Waals surface area contributed by atoms with Crippen LogP contribution in [0.1, 0.15) is 64.7 Å². The Balaban J connectivity index is 1.66. The molecule has 0 aromatic heterocycles. The molecule has 2 amide bonds. The van der Waals surface area contributed by atoms with E-state index in [1.54, 1.807) is 40.1 Å². The summed E-state index contributed by atoms with van der Waals surface area (Å²) in [7, 11) is 0. The lowest BCUT2D eigenvalue weighted by Crippen LogP contribution is -2.56. The second-order valence-electron chi connectivity index (χ2n) is 11.6. The van der Waals surface area contributed by atoms with Gasteiger partial charge in [-0.2, -0.15) is 0 Å². The molecule has 1 N–H and O–H groups in total. The van der Waals surface area contributed by atoms with Gasteiger partial charge in [0.25, 0.3) is 5.91 Å². The SMILES string of the molecule is C=CCCCCOC(=O)[C@H]1[C@H]2C(=O)N(CCCCCCO)C(C(=O)N(CC=C)c3ccc(Cl)cc3)C23CC[C@]1(C)O3. The number of anilines is 1. The average Bonchev–Trinajstić information content (AvgIpc) is 3.52. The Morgan fingerprint density at radius 2 is 1.85 bits per heavy atom. The number of halogens is 1. The molecule has 1 aromatic carbocycles. The molecule has 3 fully saturated rings. The number of benzene rings is 1. The van der Waals surface area contributed by atoms with Gasteiger partial charge in [0.2, 0.25) is 5.91 Å². The van der Waals surface area contributed by atoms with Gasteiger partial charge in [0.05, 0.1) is 18.1 Å². The van der Waals surface area contributed by atoms with E-state index in [9.17, 15) is 14.4 Å². The van der Waals surface area contributed by atoms with E-state index in [1.165, 1.54) is 0 Å². The largest absolute Gasteiger partial charge is 0.465 e. The van der Waals surface area contributed by atoms with Gasteiger partial charge >= 0.3 is 5.97 Å². The molecule has 3 heterocycles. The summed E-state index contributed by atoms with van der Waals surface area (Å²) in [5.74, 6) is -2.48. The maximum Gasteiger partial charge on any atom is 0.312 e. The molecule has 4 rings (SSSR count). The van der Waals surface area contributed by atoms with Crippen LogP contribution in [0.5, 0.6) is 0 Å². The van der Waals surface area contributed by atoms with Gasteiger partial charge in [-0.15, -0.1) is 13.2 Å². The number of aliphatic hydroxyl groups excluding tert-OH is 1. The first-order valence-corrected chi connectivity index (χ1v) is 15.2. The van der Waals surface area contributed by atoms with E-state index in [2.05, 4.69) is 13.2 Å². The van der Waals surface area contributed by atoms with E-state index in [4.69, 9.17) is 26.2 Å². The smallest absolute Gasteiger partial charge is 0.312 e. The van der Waals surface area contributed by atoms with E-state index in [0.717, 1.165) is 25.7 Å². The first-order chi connectivity index (χ1) is 19.7. The number of hydrogen-bond donors (Lipinski definition) is 1. The molecule has 1 spiro atoms. The first kappa shape index (κ1) is 31.3. The van der Waals surface area contributed by atoms with Crippen molar-refractivity contribution in [3.63, 3.8) is 0 Å². The molecule has 0 radical (unpaired) electrons. The fourth-order valence-electron chi connectivity index (χ4n) is 6.92. The summed E-state index contributed by atoms with van der Waals surface area (Å²) in [6, 6.07) is 6.10. The lowest BCUT2D eigenvalue weighted by atomic mass is 9.66. The van der Waals surface area contributed by atoms with Crippen LogP contribution in [0.15, 0.2) is 49.6 Å². The molecule has 2 bridgehead atoms. The van der Waals surface area contributed by atoms with Gasteiger partial charge < -0.3 is 24.4 Å². The van der Waals surface area contributed by atoms with Crippen molar-refractivity contribution in [1.29, 1.82) is 0 Å². The maximum absolute atomic E-state index is 14.5. The normalized spacial score (nSPS) is 28.0. The molecule has 9 heteroatoms. The number of hydrogen-bond acceptors (Lipinski definition) is 6. The number of unbranched alkanes of at least 4 members (excludes halogenated alkanes) is 5. The number of esters is 1. The first-order valence-electron chi connectivity index (χ1n) is 14.8. The Labute approximate surface area is 248 Å². The van der Waals surface area contributed by atoms with E-state index in [0.29, 0.717) is 49.4 Å². The summed E-state index contributed by atoms with van der Waals surface area (Å²) in [4.78, 5) is 45.5. The molecule has 224 valence electrons. The summed E-state index contributed by atoms with van der Waals surface area (Å²) in [6.07, 6.45) is 9.98. The maximum atomic E-state index is 14.5. The van der Waals surface area contributed by atoms with Crippen molar-refractivity contribution >= 4 is 35.1 Å². The molecule has 3 aliphatic rings. The minimum absolute atomic E-state index is 0.121. The van der Waals surface area contributed by atoms with Gasteiger partial charge in [-0.1, -0.05) is 36.6 Å². The Hall–Kier alpha value is -2.68. The zero-order chi connectivity index (χ0) is 29.6. The Morgan fingerprint density at radius 1 is 1.12 bits per heavy atom. The van der Waals surface area contributed by atoms with Gasteiger partial charge in [0, 0.05) is 30.4 Å². The quantitative estimate of drug-likeness (QED) is 0.165. The number of rotatable bonds is 16. The van der Waals surface area contributed by atoms with Crippen molar-refractivity contribution in [3.05, 3.63) is 54.6 Å². The molecule has 8 nitrogen and oxygen atoms in total. The molecule has 0 aliphatic carbocycles. The molecule has 3 saturated heterocycles. The number of carbonyl (C=O) groups excluding carboxylic acids is 3. The number of allylic oxidation sites excluding steroid dienone is 1. The number of ether oxygens (including phenoxy) is 2. The molecule has 3 aliphatic heterocycles. The average molecular weight is 587 g/mol. The van der Waals surface area contributed by atoms with Crippen LogP contribution in [0, 0.1) is 11.8 Å². The van der Waals surface area contributed by atoms with Crippen molar-refractivity contribution in [2.24, 2.45) is 11.8 Å². The minimum atomic E-state index is -1.12. The second-order valence-corrected chi connectivity index (χ2v) is 12.0. The fraction of sp³-hybridized carbons (Fsp3) is 0.594. The van der Waals surface area contributed by atoms with Gasteiger partial charge in [-0.05, 0) is 76.1 Å². The highest BCUT2D eigenvalue weighted by molar-refractivity contribution is 6.30. The highest BCUT2D eigenvalue weighted by Crippen LogP contribution is 2.63. The number of aliphatic hydroxyl groups is 1. The summed E-state index contributed by atoms with van der Waals surface area (Å²) < 4.78 is 12.4. The molecular weight excluding hydrogens is 544 g/mol. The van der Waals surface area contributed by atoms with E-state index < -0.39 is 35.0 Å². The number of carbonyl (C=O) groups is 3. The van der Waals surface area contributed by atoms with Crippen LogP contribution in [0.25, 0.3) is 0 Å². The molecule has 5 atom stereocenters. The van der Waals surface area contributed by atoms with Crippen molar-refractivity contribution in [1.82, 2.24) is 4.90 Å². The summed E-state index contributed by atoms with van der Waals surface area (Å²) >= 11 is 6.12. The summed E-state index contributed by atoms with van der Waals surface area (Å²) in [5.41, 5.74) is -1.36.